The van der Waals surface area contributed by atoms with Gasteiger partial charge in [-0.15, -0.1) is 0 Å². The van der Waals surface area contributed by atoms with Crippen molar-refractivity contribution in [2.75, 3.05) is 50.8 Å². The second-order valence-electron chi connectivity index (χ2n) is 8.84. The van der Waals surface area contributed by atoms with Crippen molar-refractivity contribution in [1.82, 2.24) is 5.01 Å². The number of thioether (sulfide) groups is 1. The molecule has 158 valence electrons. The van der Waals surface area contributed by atoms with E-state index in [1.54, 1.807) is 14.2 Å². The monoisotopic (exact) mass is 423 g/mol. The van der Waals surface area contributed by atoms with Crippen LogP contribution >= 0.6 is 11.8 Å². The Hall–Kier alpha value is -2.34. The van der Waals surface area contributed by atoms with E-state index in [2.05, 4.69) is 72.0 Å². The van der Waals surface area contributed by atoms with Crippen molar-refractivity contribution in [2.24, 2.45) is 10.5 Å². The number of hydrogen-bond donors (Lipinski definition) is 0. The van der Waals surface area contributed by atoms with Gasteiger partial charge in [-0.05, 0) is 43.2 Å². The number of likely N-dealkylation sites (N-methyl/N-ethyl adjacent to an activating group) is 1. The number of anilines is 1. The molecule has 3 aliphatic rings. The molecule has 5 nitrogen and oxygen atoms in total. The molecule has 0 saturated carbocycles. The van der Waals surface area contributed by atoms with Gasteiger partial charge in [-0.25, -0.2) is 0 Å². The maximum absolute atomic E-state index is 5.59. The summed E-state index contributed by atoms with van der Waals surface area (Å²) in [6.07, 6.45) is 0.908. The fourth-order valence-corrected chi connectivity index (χ4v) is 5.78. The van der Waals surface area contributed by atoms with Crippen LogP contribution in [0.2, 0.25) is 0 Å². The fourth-order valence-electron chi connectivity index (χ4n) is 4.63. The SMILES string of the molecule is COc1cc2c(cc1OC)C(c1ccc(N3CC4(CSC4)C3)cc1)=NN(C)C(C)C2. The predicted molar refractivity (Wildman–Crippen MR) is 125 cm³/mol. The van der Waals surface area contributed by atoms with E-state index in [9.17, 15) is 0 Å². The van der Waals surface area contributed by atoms with Gasteiger partial charge in [0.1, 0.15) is 0 Å². The highest BCUT2D eigenvalue weighted by Gasteiger charge is 2.48. The fraction of sp³-hybridized carbons (Fsp3) is 0.458. The van der Waals surface area contributed by atoms with Gasteiger partial charge in [0, 0.05) is 59.9 Å². The van der Waals surface area contributed by atoms with Gasteiger partial charge in [-0.3, -0.25) is 5.01 Å². The first-order valence-corrected chi connectivity index (χ1v) is 11.7. The summed E-state index contributed by atoms with van der Waals surface area (Å²) < 4.78 is 11.1. The lowest BCUT2D eigenvalue weighted by Gasteiger charge is -2.56. The smallest absolute Gasteiger partial charge is 0.161 e. The molecule has 1 unspecified atom stereocenters. The number of rotatable bonds is 4. The molecule has 6 heteroatoms. The molecule has 0 aliphatic carbocycles. The largest absolute Gasteiger partial charge is 0.493 e. The van der Waals surface area contributed by atoms with E-state index < -0.39 is 0 Å². The first-order valence-electron chi connectivity index (χ1n) is 10.5. The van der Waals surface area contributed by atoms with Crippen molar-refractivity contribution < 1.29 is 9.47 Å². The van der Waals surface area contributed by atoms with E-state index in [0.29, 0.717) is 11.5 Å². The maximum atomic E-state index is 5.59. The van der Waals surface area contributed by atoms with Gasteiger partial charge in [0.2, 0.25) is 0 Å². The molecular formula is C24H29N3O2S. The van der Waals surface area contributed by atoms with Crippen LogP contribution in [-0.4, -0.2) is 62.6 Å². The summed E-state index contributed by atoms with van der Waals surface area (Å²) in [7, 11) is 5.42. The highest BCUT2D eigenvalue weighted by atomic mass is 32.2. The Labute approximate surface area is 183 Å². The molecular weight excluding hydrogens is 394 g/mol. The Morgan fingerprint density at radius 1 is 1.03 bits per heavy atom. The van der Waals surface area contributed by atoms with E-state index >= 15 is 0 Å². The number of hydrazone groups is 1. The van der Waals surface area contributed by atoms with Crippen LogP contribution in [0.3, 0.4) is 0 Å². The first-order chi connectivity index (χ1) is 14.5. The highest BCUT2D eigenvalue weighted by Crippen LogP contribution is 2.46. The molecule has 3 heterocycles. The van der Waals surface area contributed by atoms with Gasteiger partial charge < -0.3 is 14.4 Å². The summed E-state index contributed by atoms with van der Waals surface area (Å²) >= 11 is 2.07. The number of nitrogens with zero attached hydrogens (tertiary/aromatic N) is 3. The molecule has 2 fully saturated rings. The standard InChI is InChI=1S/C24H29N3O2S/c1-16-9-18-10-21(28-3)22(29-4)11-20(18)23(25-26(16)2)17-5-7-19(8-6-17)27-12-24(13-27)14-30-15-24/h5-8,10-11,16H,9,12-15H2,1-4H3. The number of methoxy groups -OCH3 is 2. The van der Waals surface area contributed by atoms with Crippen LogP contribution in [0.25, 0.3) is 0 Å². The number of fused-ring (bicyclic) bond motifs is 1. The van der Waals surface area contributed by atoms with Crippen LogP contribution in [0.1, 0.15) is 23.6 Å². The number of ether oxygens (including phenoxy) is 2. The Bertz CT molecular complexity index is 977. The normalized spacial score (nSPS) is 21.9. The molecule has 1 spiro atoms. The summed E-state index contributed by atoms with van der Waals surface area (Å²) in [6, 6.07) is 13.4. The molecule has 2 saturated heterocycles. The zero-order valence-electron chi connectivity index (χ0n) is 18.1. The molecule has 0 N–H and O–H groups in total. The van der Waals surface area contributed by atoms with E-state index in [1.807, 2.05) is 0 Å². The minimum absolute atomic E-state index is 0.302. The Kier molecular flexibility index (Phi) is 4.85. The lowest BCUT2D eigenvalue weighted by molar-refractivity contribution is 0.272. The Morgan fingerprint density at radius 3 is 2.30 bits per heavy atom. The third-order valence-electron chi connectivity index (χ3n) is 6.65. The quantitative estimate of drug-likeness (QED) is 0.746. The average Bonchev–Trinajstić information content (AvgIpc) is 2.81. The van der Waals surface area contributed by atoms with Gasteiger partial charge in [-0.1, -0.05) is 12.1 Å². The topological polar surface area (TPSA) is 37.3 Å². The van der Waals surface area contributed by atoms with Gasteiger partial charge in [0.15, 0.2) is 11.5 Å². The maximum Gasteiger partial charge on any atom is 0.161 e. The van der Waals surface area contributed by atoms with Crippen molar-refractivity contribution in [3.05, 3.63) is 53.1 Å². The molecule has 3 aliphatic heterocycles. The molecule has 2 aromatic carbocycles. The van der Waals surface area contributed by atoms with E-state index in [4.69, 9.17) is 14.6 Å². The zero-order chi connectivity index (χ0) is 20.9. The Morgan fingerprint density at radius 2 is 1.70 bits per heavy atom. The summed E-state index contributed by atoms with van der Waals surface area (Å²) in [5.74, 6) is 4.15. The molecule has 2 aromatic rings. The van der Waals surface area contributed by atoms with Gasteiger partial charge in [-0.2, -0.15) is 16.9 Å². The average molecular weight is 424 g/mol. The zero-order valence-corrected chi connectivity index (χ0v) is 19.0. The van der Waals surface area contributed by atoms with Crippen molar-refractivity contribution >= 4 is 23.2 Å². The minimum atomic E-state index is 0.302. The second-order valence-corrected chi connectivity index (χ2v) is 9.82. The van der Waals surface area contributed by atoms with Crippen molar-refractivity contribution in [1.29, 1.82) is 0 Å². The van der Waals surface area contributed by atoms with Crippen LogP contribution in [0.15, 0.2) is 41.5 Å². The van der Waals surface area contributed by atoms with Gasteiger partial charge in [0.05, 0.1) is 19.9 Å². The minimum Gasteiger partial charge on any atom is -0.493 e. The summed E-state index contributed by atoms with van der Waals surface area (Å²) in [6.45, 7) is 4.59. The van der Waals surface area contributed by atoms with E-state index in [1.165, 1.54) is 35.8 Å². The lowest BCUT2D eigenvalue weighted by atomic mass is 9.82. The summed E-state index contributed by atoms with van der Waals surface area (Å²) in [5.41, 5.74) is 6.37. The Balaban J connectivity index is 1.49. The molecule has 0 radical (unpaired) electrons. The van der Waals surface area contributed by atoms with Crippen LogP contribution in [0, 0.1) is 5.41 Å². The molecule has 5 rings (SSSR count). The van der Waals surface area contributed by atoms with Gasteiger partial charge >= 0.3 is 0 Å². The van der Waals surface area contributed by atoms with E-state index in [0.717, 1.165) is 34.8 Å². The molecule has 1 atom stereocenters. The first kappa shape index (κ1) is 19.6. The van der Waals surface area contributed by atoms with Crippen LogP contribution in [0.5, 0.6) is 11.5 Å². The third-order valence-corrected chi connectivity index (χ3v) is 8.28. The predicted octanol–water partition coefficient (Wildman–Crippen LogP) is 3.89. The molecule has 0 bridgehead atoms. The van der Waals surface area contributed by atoms with Crippen LogP contribution < -0.4 is 14.4 Å². The van der Waals surface area contributed by atoms with Gasteiger partial charge in [0.25, 0.3) is 0 Å². The molecule has 0 aromatic heterocycles. The summed E-state index contributed by atoms with van der Waals surface area (Å²) in [5, 5.41) is 7.06. The molecule has 30 heavy (non-hydrogen) atoms. The van der Waals surface area contributed by atoms with Crippen LogP contribution in [-0.2, 0) is 6.42 Å². The van der Waals surface area contributed by atoms with Crippen molar-refractivity contribution in [3.63, 3.8) is 0 Å². The number of benzene rings is 2. The third kappa shape index (κ3) is 3.22. The van der Waals surface area contributed by atoms with Crippen LogP contribution in [0.4, 0.5) is 5.69 Å². The van der Waals surface area contributed by atoms with Crippen molar-refractivity contribution in [3.8, 4) is 11.5 Å². The number of hydrogen-bond acceptors (Lipinski definition) is 6. The van der Waals surface area contributed by atoms with Crippen molar-refractivity contribution in [2.45, 2.75) is 19.4 Å². The van der Waals surface area contributed by atoms with E-state index in [-0.39, 0.29) is 0 Å². The highest BCUT2D eigenvalue weighted by molar-refractivity contribution is 8.00. The second kappa shape index (κ2) is 7.41. The lowest BCUT2D eigenvalue weighted by Crippen LogP contribution is -2.63. The molecule has 0 amide bonds. The summed E-state index contributed by atoms with van der Waals surface area (Å²) in [4.78, 5) is 2.49.